The summed E-state index contributed by atoms with van der Waals surface area (Å²) in [6, 6.07) is 5.37. The lowest BCUT2D eigenvalue weighted by Crippen LogP contribution is -2.61. The molecule has 8 nitrogen and oxygen atoms in total. The zero-order valence-corrected chi connectivity index (χ0v) is 19.8. The summed E-state index contributed by atoms with van der Waals surface area (Å²) in [5, 5.41) is 10.8. The average molecular weight is 459 g/mol. The maximum atomic E-state index is 13.4. The fraction of sp³-hybridized carbons (Fsp3) is 0.542. The second-order valence-electron chi connectivity index (χ2n) is 10.4. The Balaban J connectivity index is 1.73. The van der Waals surface area contributed by atoms with Gasteiger partial charge in [0.15, 0.2) is 5.69 Å². The Kier molecular flexibility index (Phi) is 5.51. The standard InChI is InChI=1S/C24H31FN4O4/c1-23(2)12-17(13-24(3,4)26(23)5)29-21(32)19(30)18-20(31)27(10-11-28(18)22(29)33)14-15-6-8-16(25)9-7-15/h6-9,17,30H,10-14H2,1-5H3. The summed E-state index contributed by atoms with van der Waals surface area (Å²) in [5.41, 5.74) is -1.50. The van der Waals surface area contributed by atoms with Crippen LogP contribution in [0.15, 0.2) is 33.9 Å². The number of nitrogens with zero attached hydrogens (tertiary/aromatic N) is 4. The predicted octanol–water partition coefficient (Wildman–Crippen LogP) is 2.33. The molecule has 0 saturated carbocycles. The minimum atomic E-state index is -0.829. The number of amides is 1. The molecule has 0 spiro atoms. The molecule has 1 amide bonds. The summed E-state index contributed by atoms with van der Waals surface area (Å²) in [5.74, 6) is -1.66. The Morgan fingerprint density at radius 3 is 2.15 bits per heavy atom. The van der Waals surface area contributed by atoms with E-state index in [1.54, 1.807) is 12.1 Å². The molecule has 33 heavy (non-hydrogen) atoms. The van der Waals surface area contributed by atoms with E-state index in [0.29, 0.717) is 18.4 Å². The minimum absolute atomic E-state index is 0.161. The zero-order valence-electron chi connectivity index (χ0n) is 19.8. The lowest BCUT2D eigenvalue weighted by Gasteiger charge is -2.53. The molecule has 1 fully saturated rings. The number of fused-ring (bicyclic) bond motifs is 1. The fourth-order valence-electron chi connectivity index (χ4n) is 5.34. The van der Waals surface area contributed by atoms with Gasteiger partial charge in [0.25, 0.3) is 11.5 Å². The van der Waals surface area contributed by atoms with Gasteiger partial charge in [-0.2, -0.15) is 0 Å². The molecule has 0 radical (unpaired) electrons. The number of benzene rings is 1. The van der Waals surface area contributed by atoms with Crippen LogP contribution < -0.4 is 11.2 Å². The monoisotopic (exact) mass is 458 g/mol. The van der Waals surface area contributed by atoms with Crippen LogP contribution in [0.4, 0.5) is 4.39 Å². The number of likely N-dealkylation sites (tertiary alicyclic amines) is 1. The summed E-state index contributed by atoms with van der Waals surface area (Å²) in [6.45, 7) is 8.86. The van der Waals surface area contributed by atoms with E-state index in [-0.39, 0.29) is 42.2 Å². The maximum absolute atomic E-state index is 13.4. The number of aromatic nitrogens is 2. The van der Waals surface area contributed by atoms with Crippen molar-refractivity contribution in [1.29, 1.82) is 0 Å². The summed E-state index contributed by atoms with van der Waals surface area (Å²) >= 11 is 0. The molecule has 2 aromatic rings. The van der Waals surface area contributed by atoms with Gasteiger partial charge in [-0.3, -0.25) is 23.6 Å². The highest BCUT2D eigenvalue weighted by molar-refractivity contribution is 5.95. The first kappa shape index (κ1) is 23.2. The molecular formula is C24H31FN4O4. The van der Waals surface area contributed by atoms with Gasteiger partial charge in [0.05, 0.1) is 0 Å². The summed E-state index contributed by atoms with van der Waals surface area (Å²) < 4.78 is 15.6. The van der Waals surface area contributed by atoms with Crippen molar-refractivity contribution >= 4 is 5.91 Å². The third-order valence-electron chi connectivity index (χ3n) is 7.37. The van der Waals surface area contributed by atoms with Crippen molar-refractivity contribution in [3.63, 3.8) is 0 Å². The zero-order chi connectivity index (χ0) is 24.3. The number of carbonyl (C=O) groups is 1. The highest BCUT2D eigenvalue weighted by Gasteiger charge is 2.45. The Morgan fingerprint density at radius 1 is 1.00 bits per heavy atom. The van der Waals surface area contributed by atoms with Crippen LogP contribution in [-0.4, -0.2) is 54.6 Å². The molecule has 178 valence electrons. The van der Waals surface area contributed by atoms with Crippen molar-refractivity contribution in [2.75, 3.05) is 13.6 Å². The van der Waals surface area contributed by atoms with E-state index >= 15 is 0 Å². The molecule has 0 bridgehead atoms. The number of piperidine rings is 1. The van der Waals surface area contributed by atoms with E-state index in [0.717, 1.165) is 4.57 Å². The Hall–Kier alpha value is -2.94. The van der Waals surface area contributed by atoms with E-state index in [2.05, 4.69) is 32.6 Å². The second kappa shape index (κ2) is 7.83. The van der Waals surface area contributed by atoms with E-state index in [1.165, 1.54) is 21.6 Å². The quantitative estimate of drug-likeness (QED) is 0.763. The Bertz CT molecular complexity index is 1190. The highest BCUT2D eigenvalue weighted by atomic mass is 19.1. The molecule has 2 aliphatic heterocycles. The number of carbonyl (C=O) groups excluding carboxylic acids is 1. The molecule has 1 aromatic carbocycles. The highest BCUT2D eigenvalue weighted by Crippen LogP contribution is 2.41. The van der Waals surface area contributed by atoms with Crippen LogP contribution in [0.5, 0.6) is 5.75 Å². The SMILES string of the molecule is CN1C(C)(C)CC(n2c(=O)c(O)c3n(c2=O)CCN(Cc2ccc(F)cc2)C3=O)CC1(C)C. The third-order valence-corrected chi connectivity index (χ3v) is 7.37. The topological polar surface area (TPSA) is 87.8 Å². The number of halogens is 1. The molecule has 2 aliphatic rings. The van der Waals surface area contributed by atoms with Crippen molar-refractivity contribution in [3.05, 3.63) is 62.2 Å². The summed E-state index contributed by atoms with van der Waals surface area (Å²) in [4.78, 5) is 43.4. The van der Waals surface area contributed by atoms with Gasteiger partial charge in [-0.05, 0) is 65.3 Å². The van der Waals surface area contributed by atoms with Gasteiger partial charge in [-0.25, -0.2) is 9.18 Å². The van der Waals surface area contributed by atoms with E-state index in [9.17, 15) is 23.9 Å². The van der Waals surface area contributed by atoms with Gasteiger partial charge in [0.2, 0.25) is 5.75 Å². The molecule has 0 aliphatic carbocycles. The summed E-state index contributed by atoms with van der Waals surface area (Å²) in [6.07, 6.45) is 1.12. The molecule has 0 atom stereocenters. The number of hydrogen-bond donors (Lipinski definition) is 1. The lowest BCUT2D eigenvalue weighted by molar-refractivity contribution is -0.0282. The molecule has 1 saturated heterocycles. The largest absolute Gasteiger partial charge is 0.501 e. The van der Waals surface area contributed by atoms with Gasteiger partial charge < -0.3 is 10.0 Å². The van der Waals surface area contributed by atoms with Crippen LogP contribution in [0, 0.1) is 5.82 Å². The smallest absolute Gasteiger partial charge is 0.332 e. The second-order valence-corrected chi connectivity index (χ2v) is 10.4. The Labute approximate surface area is 191 Å². The molecule has 4 rings (SSSR count). The molecular weight excluding hydrogens is 427 g/mol. The van der Waals surface area contributed by atoms with Crippen LogP contribution >= 0.6 is 0 Å². The van der Waals surface area contributed by atoms with Crippen LogP contribution in [0.2, 0.25) is 0 Å². The molecule has 1 N–H and O–H groups in total. The van der Waals surface area contributed by atoms with Crippen molar-refractivity contribution in [1.82, 2.24) is 18.9 Å². The third kappa shape index (κ3) is 3.88. The van der Waals surface area contributed by atoms with E-state index in [4.69, 9.17) is 0 Å². The molecule has 1 aromatic heterocycles. The lowest BCUT2D eigenvalue weighted by atomic mass is 9.77. The van der Waals surface area contributed by atoms with Crippen molar-refractivity contribution in [2.24, 2.45) is 0 Å². The van der Waals surface area contributed by atoms with Crippen LogP contribution in [0.3, 0.4) is 0 Å². The first-order valence-electron chi connectivity index (χ1n) is 11.2. The molecule has 3 heterocycles. The van der Waals surface area contributed by atoms with Crippen LogP contribution in [-0.2, 0) is 13.1 Å². The Morgan fingerprint density at radius 2 is 1.58 bits per heavy atom. The first-order chi connectivity index (χ1) is 15.3. The minimum Gasteiger partial charge on any atom is -0.501 e. The van der Waals surface area contributed by atoms with Crippen molar-refractivity contribution in [3.8, 4) is 5.75 Å². The number of aromatic hydroxyl groups is 1. The van der Waals surface area contributed by atoms with Gasteiger partial charge in [-0.1, -0.05) is 12.1 Å². The number of rotatable bonds is 3. The maximum Gasteiger partial charge on any atom is 0.332 e. The van der Waals surface area contributed by atoms with Crippen molar-refractivity contribution < 1.29 is 14.3 Å². The van der Waals surface area contributed by atoms with Crippen LogP contribution in [0.1, 0.15) is 62.6 Å². The average Bonchev–Trinajstić information content (AvgIpc) is 2.73. The normalized spacial score (nSPS) is 20.7. The van der Waals surface area contributed by atoms with E-state index in [1.807, 2.05) is 7.05 Å². The van der Waals surface area contributed by atoms with Gasteiger partial charge in [0, 0.05) is 36.8 Å². The van der Waals surface area contributed by atoms with Gasteiger partial charge in [0.1, 0.15) is 5.82 Å². The molecule has 9 heteroatoms. The van der Waals surface area contributed by atoms with E-state index < -0.39 is 28.9 Å². The van der Waals surface area contributed by atoms with Gasteiger partial charge in [-0.15, -0.1) is 0 Å². The molecule has 0 unspecified atom stereocenters. The number of hydrogen-bond acceptors (Lipinski definition) is 5. The fourth-order valence-corrected chi connectivity index (χ4v) is 5.34. The predicted molar refractivity (Wildman–Crippen MR) is 122 cm³/mol. The van der Waals surface area contributed by atoms with Crippen molar-refractivity contribution in [2.45, 2.75) is 70.7 Å². The van der Waals surface area contributed by atoms with Crippen LogP contribution in [0.25, 0.3) is 0 Å². The van der Waals surface area contributed by atoms with Gasteiger partial charge >= 0.3 is 5.69 Å². The first-order valence-corrected chi connectivity index (χ1v) is 11.2. The summed E-state index contributed by atoms with van der Waals surface area (Å²) in [7, 11) is 2.03.